The fourth-order valence-electron chi connectivity index (χ4n) is 3.77. The van der Waals surface area contributed by atoms with Gasteiger partial charge < -0.3 is 20.1 Å². The Morgan fingerprint density at radius 2 is 1.96 bits per heavy atom. The van der Waals surface area contributed by atoms with Crippen molar-refractivity contribution in [2.75, 3.05) is 38.2 Å². The predicted molar refractivity (Wildman–Crippen MR) is 92.8 cm³/mol. The molecule has 1 spiro atoms. The summed E-state index contributed by atoms with van der Waals surface area (Å²) < 4.78 is 35.1. The topological polar surface area (TPSA) is 89.0 Å². The van der Waals surface area contributed by atoms with Crippen LogP contribution in [0.25, 0.3) is 0 Å². The zero-order valence-corrected chi connectivity index (χ0v) is 15.2. The Morgan fingerprint density at radius 1 is 1.21 bits per heavy atom. The van der Waals surface area contributed by atoms with E-state index in [9.17, 15) is 8.42 Å². The van der Waals surface area contributed by atoms with Crippen LogP contribution in [0.15, 0.2) is 4.99 Å². The maximum absolute atomic E-state index is 11.5. The molecule has 2 unspecified atom stereocenters. The number of ether oxygens (including phenoxy) is 2. The quantitative estimate of drug-likeness (QED) is 0.566. The van der Waals surface area contributed by atoms with Crippen LogP contribution in [0.4, 0.5) is 0 Å². The van der Waals surface area contributed by atoms with Crippen LogP contribution in [-0.2, 0) is 19.3 Å². The van der Waals surface area contributed by atoms with E-state index in [-0.39, 0.29) is 23.6 Å². The second-order valence-corrected chi connectivity index (χ2v) is 9.35. The second kappa shape index (κ2) is 7.58. The molecule has 2 heterocycles. The van der Waals surface area contributed by atoms with Crippen LogP contribution in [0.5, 0.6) is 0 Å². The molecular weight excluding hydrogens is 330 g/mol. The molecule has 2 aliphatic heterocycles. The van der Waals surface area contributed by atoms with Crippen molar-refractivity contribution in [2.45, 2.75) is 50.4 Å². The normalized spacial score (nSPS) is 32.1. The lowest BCUT2D eigenvalue weighted by molar-refractivity contribution is -0.186. The van der Waals surface area contributed by atoms with Crippen molar-refractivity contribution in [1.82, 2.24) is 10.6 Å². The first-order valence-corrected chi connectivity index (χ1v) is 10.8. The van der Waals surface area contributed by atoms with E-state index in [1.807, 2.05) is 0 Å². The van der Waals surface area contributed by atoms with Gasteiger partial charge in [-0.2, -0.15) is 0 Å². The largest absolute Gasteiger partial charge is 0.356 e. The summed E-state index contributed by atoms with van der Waals surface area (Å²) in [6.07, 6.45) is 6.37. The first-order chi connectivity index (χ1) is 11.5. The number of nitrogens with one attached hydrogen (secondary N) is 2. The van der Waals surface area contributed by atoms with Crippen LogP contribution in [-0.4, -0.2) is 64.5 Å². The third-order valence-electron chi connectivity index (χ3n) is 5.13. The highest BCUT2D eigenvalue weighted by molar-refractivity contribution is 7.91. The summed E-state index contributed by atoms with van der Waals surface area (Å²) in [4.78, 5) is 4.20. The van der Waals surface area contributed by atoms with E-state index in [2.05, 4.69) is 15.6 Å². The van der Waals surface area contributed by atoms with E-state index in [1.54, 1.807) is 7.05 Å². The first kappa shape index (κ1) is 17.9. The number of guanidine groups is 1. The van der Waals surface area contributed by atoms with Gasteiger partial charge >= 0.3 is 0 Å². The van der Waals surface area contributed by atoms with Gasteiger partial charge in [-0.3, -0.25) is 4.99 Å². The van der Waals surface area contributed by atoms with Crippen LogP contribution in [0.1, 0.15) is 38.5 Å². The molecular formula is C16H29N3O4S. The summed E-state index contributed by atoms with van der Waals surface area (Å²) in [5, 5.41) is 6.48. The highest BCUT2D eigenvalue weighted by Crippen LogP contribution is 2.37. The highest BCUT2D eigenvalue weighted by atomic mass is 32.2. The molecule has 24 heavy (non-hydrogen) atoms. The fraction of sp³-hybridized carbons (Fsp3) is 0.938. The van der Waals surface area contributed by atoms with Gasteiger partial charge in [0.05, 0.1) is 18.1 Å². The van der Waals surface area contributed by atoms with E-state index >= 15 is 0 Å². The molecule has 2 atom stereocenters. The molecule has 3 rings (SSSR count). The molecule has 0 amide bonds. The average molecular weight is 359 g/mol. The van der Waals surface area contributed by atoms with Crippen molar-refractivity contribution in [1.29, 1.82) is 0 Å². The predicted octanol–water partition coefficient (Wildman–Crippen LogP) is 0.662. The summed E-state index contributed by atoms with van der Waals surface area (Å²) in [6.45, 7) is 1.89. The zero-order valence-electron chi connectivity index (χ0n) is 14.4. The SMILES string of the molecule is CN=C(NCC1CCS(=O)(=O)C1)NCC1COC2(CCCCC2)O1. The number of nitrogens with zero attached hydrogens (tertiary/aromatic N) is 1. The molecule has 0 bridgehead atoms. The van der Waals surface area contributed by atoms with Crippen LogP contribution >= 0.6 is 0 Å². The van der Waals surface area contributed by atoms with E-state index in [4.69, 9.17) is 9.47 Å². The van der Waals surface area contributed by atoms with E-state index < -0.39 is 9.84 Å². The highest BCUT2D eigenvalue weighted by Gasteiger charge is 2.42. The molecule has 0 radical (unpaired) electrons. The summed E-state index contributed by atoms with van der Waals surface area (Å²) in [5.74, 6) is 1.09. The molecule has 138 valence electrons. The van der Waals surface area contributed by atoms with Gasteiger partial charge in [0.25, 0.3) is 0 Å². The molecule has 1 saturated carbocycles. The molecule has 8 heteroatoms. The lowest BCUT2D eigenvalue weighted by atomic mass is 9.94. The Balaban J connectivity index is 1.39. The Hall–Kier alpha value is -0.860. The molecule has 2 saturated heterocycles. The first-order valence-electron chi connectivity index (χ1n) is 8.97. The second-order valence-electron chi connectivity index (χ2n) is 7.13. The molecule has 3 fully saturated rings. The molecule has 0 aromatic carbocycles. The van der Waals surface area contributed by atoms with Crippen LogP contribution in [0.3, 0.4) is 0 Å². The van der Waals surface area contributed by atoms with Gasteiger partial charge in [0.1, 0.15) is 6.10 Å². The number of rotatable bonds is 4. The van der Waals surface area contributed by atoms with E-state index in [0.29, 0.717) is 31.4 Å². The van der Waals surface area contributed by atoms with Gasteiger partial charge in [-0.1, -0.05) is 6.42 Å². The van der Waals surface area contributed by atoms with Gasteiger partial charge in [0.15, 0.2) is 21.6 Å². The Bertz CT molecular complexity index is 558. The minimum absolute atomic E-state index is 0.0357. The van der Waals surface area contributed by atoms with Crippen molar-refractivity contribution in [3.8, 4) is 0 Å². The zero-order chi connectivity index (χ0) is 17.0. The summed E-state index contributed by atoms with van der Waals surface area (Å²) in [6, 6.07) is 0. The lowest BCUT2D eigenvalue weighted by Crippen LogP contribution is -2.44. The standard InChI is InChI=1S/C16H29N3O4S/c1-17-15(18-9-13-5-8-24(20,21)12-13)19-10-14-11-22-16(23-14)6-3-2-4-7-16/h13-14H,2-12H2,1H3,(H2,17,18,19). The number of hydrogen-bond donors (Lipinski definition) is 2. The monoisotopic (exact) mass is 359 g/mol. The Labute approximate surface area is 144 Å². The van der Waals surface area contributed by atoms with Gasteiger partial charge in [0, 0.05) is 33.0 Å². The minimum atomic E-state index is -2.83. The van der Waals surface area contributed by atoms with Crippen molar-refractivity contribution in [2.24, 2.45) is 10.9 Å². The van der Waals surface area contributed by atoms with Gasteiger partial charge in [0.2, 0.25) is 0 Å². The summed E-state index contributed by atoms with van der Waals surface area (Å²) in [7, 11) is -1.11. The maximum Gasteiger partial charge on any atom is 0.191 e. The number of aliphatic imine (C=N–C) groups is 1. The molecule has 3 aliphatic rings. The number of sulfone groups is 1. The Kier molecular flexibility index (Phi) is 5.66. The smallest absolute Gasteiger partial charge is 0.191 e. The minimum Gasteiger partial charge on any atom is -0.356 e. The van der Waals surface area contributed by atoms with E-state index in [0.717, 1.165) is 19.3 Å². The molecule has 0 aromatic heterocycles. The molecule has 1 aliphatic carbocycles. The Morgan fingerprint density at radius 3 is 2.62 bits per heavy atom. The van der Waals surface area contributed by atoms with Crippen LogP contribution < -0.4 is 10.6 Å². The third-order valence-corrected chi connectivity index (χ3v) is 6.97. The van der Waals surface area contributed by atoms with Crippen molar-refractivity contribution >= 4 is 15.8 Å². The molecule has 7 nitrogen and oxygen atoms in total. The summed E-state index contributed by atoms with van der Waals surface area (Å²) in [5.41, 5.74) is 0. The van der Waals surface area contributed by atoms with Crippen LogP contribution in [0.2, 0.25) is 0 Å². The maximum atomic E-state index is 11.5. The van der Waals surface area contributed by atoms with Gasteiger partial charge in [-0.05, 0) is 25.2 Å². The van der Waals surface area contributed by atoms with E-state index in [1.165, 1.54) is 19.3 Å². The van der Waals surface area contributed by atoms with Crippen molar-refractivity contribution in [3.63, 3.8) is 0 Å². The van der Waals surface area contributed by atoms with Crippen molar-refractivity contribution in [3.05, 3.63) is 0 Å². The van der Waals surface area contributed by atoms with Crippen LogP contribution in [0, 0.1) is 5.92 Å². The average Bonchev–Trinajstić information content (AvgIpc) is 3.11. The summed E-state index contributed by atoms with van der Waals surface area (Å²) >= 11 is 0. The van der Waals surface area contributed by atoms with Gasteiger partial charge in [-0.15, -0.1) is 0 Å². The third kappa shape index (κ3) is 4.61. The lowest BCUT2D eigenvalue weighted by Gasteiger charge is -2.31. The van der Waals surface area contributed by atoms with Gasteiger partial charge in [-0.25, -0.2) is 8.42 Å². The number of hydrogen-bond acceptors (Lipinski definition) is 5. The van der Waals surface area contributed by atoms with Crippen molar-refractivity contribution < 1.29 is 17.9 Å². The fourth-order valence-corrected chi connectivity index (χ4v) is 5.64. The molecule has 0 aromatic rings. The molecule has 2 N–H and O–H groups in total.